The molecule has 1 aromatic carbocycles. The molecule has 0 aliphatic rings. The van der Waals surface area contributed by atoms with Crippen LogP contribution in [-0.4, -0.2) is 6.66 Å². The van der Waals surface area contributed by atoms with Crippen molar-refractivity contribution >= 4 is 14.7 Å². The first kappa shape index (κ1) is 10.5. The normalized spacial score (nSPS) is 11.9. The van der Waals surface area contributed by atoms with Crippen LogP contribution in [0.2, 0.25) is 0 Å². The molecule has 0 fully saturated rings. The van der Waals surface area contributed by atoms with Crippen molar-refractivity contribution in [3.8, 4) is 0 Å². The molecule has 0 heterocycles. The Labute approximate surface area is 82.8 Å². The third-order valence-corrected chi connectivity index (χ3v) is 2.83. The standard InChI is InChI=1S/C12H17P/c1-4-5-12-8-11(9-13-3)7-6-10(12)2/h4-8,13H,9H2,1-3H3/b5-4-. The summed E-state index contributed by atoms with van der Waals surface area (Å²) in [5, 5.41) is 0. The van der Waals surface area contributed by atoms with Crippen LogP contribution in [0.4, 0.5) is 0 Å². The molecule has 13 heavy (non-hydrogen) atoms. The zero-order valence-corrected chi connectivity index (χ0v) is 9.59. The maximum absolute atomic E-state index is 2.30. The summed E-state index contributed by atoms with van der Waals surface area (Å²) in [6.45, 7) is 6.47. The summed E-state index contributed by atoms with van der Waals surface area (Å²) in [6.07, 6.45) is 5.49. The van der Waals surface area contributed by atoms with Gasteiger partial charge in [-0.15, -0.1) is 8.58 Å². The van der Waals surface area contributed by atoms with Crippen LogP contribution in [0.3, 0.4) is 0 Å². The van der Waals surface area contributed by atoms with Crippen LogP contribution in [0.5, 0.6) is 0 Å². The highest BCUT2D eigenvalue weighted by molar-refractivity contribution is 7.36. The largest absolute Gasteiger partial charge is 0.121 e. The lowest BCUT2D eigenvalue weighted by Crippen LogP contribution is -1.84. The van der Waals surface area contributed by atoms with Gasteiger partial charge in [0.2, 0.25) is 0 Å². The highest BCUT2D eigenvalue weighted by Crippen LogP contribution is 2.18. The lowest BCUT2D eigenvalue weighted by molar-refractivity contribution is 1.34. The molecule has 70 valence electrons. The second-order valence-electron chi connectivity index (χ2n) is 3.22. The summed E-state index contributed by atoms with van der Waals surface area (Å²) < 4.78 is 0. The second kappa shape index (κ2) is 5.19. The predicted molar refractivity (Wildman–Crippen MR) is 63.8 cm³/mol. The van der Waals surface area contributed by atoms with E-state index in [1.54, 1.807) is 0 Å². The van der Waals surface area contributed by atoms with Gasteiger partial charge in [0.15, 0.2) is 0 Å². The zero-order valence-electron chi connectivity index (χ0n) is 8.59. The van der Waals surface area contributed by atoms with Crippen LogP contribution in [0.1, 0.15) is 23.6 Å². The maximum atomic E-state index is 2.30. The van der Waals surface area contributed by atoms with Gasteiger partial charge in [-0.25, -0.2) is 0 Å². The highest BCUT2D eigenvalue weighted by Gasteiger charge is 1.96. The molecule has 1 heteroatoms. The van der Waals surface area contributed by atoms with Gasteiger partial charge in [-0.05, 0) is 43.4 Å². The molecule has 0 aliphatic carbocycles. The van der Waals surface area contributed by atoms with Gasteiger partial charge in [0.05, 0.1) is 0 Å². The molecule has 1 rings (SSSR count). The molecule has 0 spiro atoms. The fraction of sp³-hybridized carbons (Fsp3) is 0.333. The Hall–Kier alpha value is -0.610. The topological polar surface area (TPSA) is 0 Å². The van der Waals surface area contributed by atoms with Crippen molar-refractivity contribution in [1.82, 2.24) is 0 Å². The molecule has 0 aliphatic heterocycles. The Morgan fingerprint density at radius 1 is 1.38 bits per heavy atom. The van der Waals surface area contributed by atoms with Crippen molar-refractivity contribution < 1.29 is 0 Å². The molecular formula is C12H17P. The molecule has 0 saturated heterocycles. The quantitative estimate of drug-likeness (QED) is 0.638. The molecule has 0 bridgehead atoms. The smallest absolute Gasteiger partial charge is 0.0103 e. The molecule has 1 atom stereocenters. The van der Waals surface area contributed by atoms with Crippen LogP contribution < -0.4 is 0 Å². The Morgan fingerprint density at radius 2 is 2.15 bits per heavy atom. The van der Waals surface area contributed by atoms with E-state index in [2.05, 4.69) is 50.9 Å². The van der Waals surface area contributed by atoms with E-state index in [4.69, 9.17) is 0 Å². The fourth-order valence-corrected chi connectivity index (χ4v) is 1.99. The minimum atomic E-state index is 1.01. The number of benzene rings is 1. The number of allylic oxidation sites excluding steroid dienone is 1. The van der Waals surface area contributed by atoms with Crippen molar-refractivity contribution in [2.75, 3.05) is 6.66 Å². The summed E-state index contributed by atoms with van der Waals surface area (Å²) in [5.74, 6) is 0. The molecule has 0 nitrogen and oxygen atoms in total. The van der Waals surface area contributed by atoms with Gasteiger partial charge in [0, 0.05) is 0 Å². The van der Waals surface area contributed by atoms with Crippen molar-refractivity contribution in [2.24, 2.45) is 0 Å². The predicted octanol–water partition coefficient (Wildman–Crippen LogP) is 3.84. The van der Waals surface area contributed by atoms with Gasteiger partial charge >= 0.3 is 0 Å². The molecule has 1 unspecified atom stereocenters. The van der Waals surface area contributed by atoms with E-state index in [1.807, 2.05) is 0 Å². The van der Waals surface area contributed by atoms with E-state index in [-0.39, 0.29) is 0 Å². The van der Waals surface area contributed by atoms with Crippen molar-refractivity contribution in [1.29, 1.82) is 0 Å². The molecule has 0 amide bonds. The minimum Gasteiger partial charge on any atom is -0.121 e. The maximum Gasteiger partial charge on any atom is -0.0103 e. The first-order chi connectivity index (χ1) is 6.27. The van der Waals surface area contributed by atoms with E-state index < -0.39 is 0 Å². The van der Waals surface area contributed by atoms with Crippen molar-refractivity contribution in [3.05, 3.63) is 41.0 Å². The van der Waals surface area contributed by atoms with Crippen LogP contribution in [0.15, 0.2) is 24.3 Å². The monoisotopic (exact) mass is 192 g/mol. The van der Waals surface area contributed by atoms with Gasteiger partial charge in [0.1, 0.15) is 0 Å². The van der Waals surface area contributed by atoms with E-state index in [0.29, 0.717) is 0 Å². The Morgan fingerprint density at radius 3 is 2.77 bits per heavy atom. The van der Waals surface area contributed by atoms with Gasteiger partial charge in [-0.2, -0.15) is 0 Å². The summed E-state index contributed by atoms with van der Waals surface area (Å²) >= 11 is 0. The van der Waals surface area contributed by atoms with Crippen molar-refractivity contribution in [3.63, 3.8) is 0 Å². The number of hydrogen-bond acceptors (Lipinski definition) is 0. The average molecular weight is 192 g/mol. The second-order valence-corrected chi connectivity index (χ2v) is 4.28. The van der Waals surface area contributed by atoms with Crippen LogP contribution >= 0.6 is 8.58 Å². The molecule has 0 N–H and O–H groups in total. The minimum absolute atomic E-state index is 1.01. The van der Waals surface area contributed by atoms with Crippen LogP contribution in [0.25, 0.3) is 6.08 Å². The summed E-state index contributed by atoms with van der Waals surface area (Å²) in [7, 11) is 1.01. The first-order valence-corrected chi connectivity index (χ1v) is 6.35. The van der Waals surface area contributed by atoms with Gasteiger partial charge in [-0.3, -0.25) is 0 Å². The summed E-state index contributed by atoms with van der Waals surface area (Å²) in [4.78, 5) is 0. The van der Waals surface area contributed by atoms with Crippen LogP contribution in [-0.2, 0) is 6.16 Å². The molecular weight excluding hydrogens is 175 g/mol. The summed E-state index contributed by atoms with van der Waals surface area (Å²) in [5.41, 5.74) is 4.18. The van der Waals surface area contributed by atoms with Crippen LogP contribution in [0, 0.1) is 6.92 Å². The highest BCUT2D eigenvalue weighted by atomic mass is 31.1. The summed E-state index contributed by atoms with van der Waals surface area (Å²) in [6, 6.07) is 6.75. The lowest BCUT2D eigenvalue weighted by Gasteiger charge is -2.04. The van der Waals surface area contributed by atoms with Crippen molar-refractivity contribution in [2.45, 2.75) is 20.0 Å². The third-order valence-electron chi connectivity index (χ3n) is 2.07. The van der Waals surface area contributed by atoms with E-state index in [1.165, 1.54) is 22.9 Å². The first-order valence-electron chi connectivity index (χ1n) is 4.64. The van der Waals surface area contributed by atoms with Gasteiger partial charge < -0.3 is 0 Å². The lowest BCUT2D eigenvalue weighted by atomic mass is 10.1. The Kier molecular flexibility index (Phi) is 4.18. The van der Waals surface area contributed by atoms with E-state index in [9.17, 15) is 0 Å². The number of hydrogen-bond donors (Lipinski definition) is 0. The third kappa shape index (κ3) is 2.97. The molecule has 0 aromatic heterocycles. The van der Waals surface area contributed by atoms with E-state index in [0.717, 1.165) is 8.58 Å². The molecule has 1 aromatic rings. The molecule has 0 radical (unpaired) electrons. The van der Waals surface area contributed by atoms with E-state index >= 15 is 0 Å². The number of rotatable bonds is 3. The average Bonchev–Trinajstić information content (AvgIpc) is 2.12. The SMILES string of the molecule is C/C=C\c1cc(CPC)ccc1C. The molecule has 0 saturated carbocycles. The number of aryl methyl sites for hydroxylation is 1. The zero-order chi connectivity index (χ0) is 9.68. The Balaban J connectivity index is 2.96. The van der Waals surface area contributed by atoms with Gasteiger partial charge in [0.25, 0.3) is 0 Å². The Bertz CT molecular complexity index is 300. The van der Waals surface area contributed by atoms with Gasteiger partial charge in [-0.1, -0.05) is 30.4 Å². The fourth-order valence-electron chi connectivity index (χ4n) is 1.36.